The van der Waals surface area contributed by atoms with Crippen molar-refractivity contribution in [3.63, 3.8) is 0 Å². The van der Waals surface area contributed by atoms with Crippen LogP contribution in [0.25, 0.3) is 0 Å². The van der Waals surface area contributed by atoms with Gasteiger partial charge in [0.2, 0.25) is 5.91 Å². The maximum atomic E-state index is 13.2. The van der Waals surface area contributed by atoms with Crippen LogP contribution in [0.3, 0.4) is 0 Å². The quantitative estimate of drug-likeness (QED) is 0.700. The number of imide groups is 1. The van der Waals surface area contributed by atoms with Crippen molar-refractivity contribution < 1.29 is 23.9 Å². The standard InChI is InChI=1S/C21H34N4O5/c1-5-30-19(29)24-8-6-7-23(9-10-24)16(26)13-25-17(27)21(22-18(25)28)12-15(2)11-20(3,4)14-21/h15H,5-14H2,1-4H3,(H,22,28). The molecule has 3 aliphatic rings. The number of carbonyl (C=O) groups is 4. The predicted molar refractivity (Wildman–Crippen MR) is 110 cm³/mol. The summed E-state index contributed by atoms with van der Waals surface area (Å²) < 4.78 is 5.04. The summed E-state index contributed by atoms with van der Waals surface area (Å²) in [6.45, 7) is 9.86. The molecule has 30 heavy (non-hydrogen) atoms. The summed E-state index contributed by atoms with van der Waals surface area (Å²) in [4.78, 5) is 55.0. The Kier molecular flexibility index (Phi) is 6.29. The third-order valence-electron chi connectivity index (χ3n) is 6.29. The van der Waals surface area contributed by atoms with Gasteiger partial charge in [-0.2, -0.15) is 0 Å². The van der Waals surface area contributed by atoms with Gasteiger partial charge < -0.3 is 19.9 Å². The van der Waals surface area contributed by atoms with Gasteiger partial charge in [0.15, 0.2) is 0 Å². The van der Waals surface area contributed by atoms with Crippen molar-refractivity contribution >= 4 is 23.9 Å². The van der Waals surface area contributed by atoms with Crippen LogP contribution in [-0.2, 0) is 14.3 Å². The highest BCUT2D eigenvalue weighted by molar-refractivity contribution is 6.09. The third kappa shape index (κ3) is 4.54. The van der Waals surface area contributed by atoms with E-state index in [0.29, 0.717) is 58.0 Å². The zero-order valence-electron chi connectivity index (χ0n) is 18.5. The number of amides is 5. The third-order valence-corrected chi connectivity index (χ3v) is 6.29. The van der Waals surface area contributed by atoms with Gasteiger partial charge in [-0.15, -0.1) is 0 Å². The van der Waals surface area contributed by atoms with Crippen LogP contribution in [0.2, 0.25) is 0 Å². The number of rotatable bonds is 3. The molecule has 2 heterocycles. The summed E-state index contributed by atoms with van der Waals surface area (Å²) in [7, 11) is 0. The Morgan fingerprint density at radius 2 is 1.77 bits per heavy atom. The van der Waals surface area contributed by atoms with E-state index >= 15 is 0 Å². The Hall–Kier alpha value is -2.32. The van der Waals surface area contributed by atoms with Crippen molar-refractivity contribution in [2.45, 2.75) is 58.9 Å². The zero-order valence-corrected chi connectivity index (χ0v) is 18.5. The summed E-state index contributed by atoms with van der Waals surface area (Å²) in [5, 5.41) is 2.91. The number of hydrogen-bond acceptors (Lipinski definition) is 5. The van der Waals surface area contributed by atoms with Crippen LogP contribution >= 0.6 is 0 Å². The van der Waals surface area contributed by atoms with Gasteiger partial charge >= 0.3 is 12.1 Å². The Morgan fingerprint density at radius 1 is 1.10 bits per heavy atom. The highest BCUT2D eigenvalue weighted by Crippen LogP contribution is 2.46. The monoisotopic (exact) mass is 422 g/mol. The van der Waals surface area contributed by atoms with Crippen LogP contribution in [-0.4, -0.2) is 83.5 Å². The predicted octanol–water partition coefficient (Wildman–Crippen LogP) is 1.81. The summed E-state index contributed by atoms with van der Waals surface area (Å²) in [5.74, 6) is -0.249. The minimum Gasteiger partial charge on any atom is -0.450 e. The van der Waals surface area contributed by atoms with Gasteiger partial charge in [-0.3, -0.25) is 14.5 Å². The first-order chi connectivity index (χ1) is 14.1. The Labute approximate surface area is 178 Å². The van der Waals surface area contributed by atoms with Crippen LogP contribution < -0.4 is 5.32 Å². The van der Waals surface area contributed by atoms with Crippen molar-refractivity contribution in [2.75, 3.05) is 39.3 Å². The van der Waals surface area contributed by atoms with Gasteiger partial charge in [-0.05, 0) is 43.9 Å². The van der Waals surface area contributed by atoms with Crippen molar-refractivity contribution in [1.29, 1.82) is 0 Å². The molecule has 0 radical (unpaired) electrons. The van der Waals surface area contributed by atoms with Gasteiger partial charge in [-0.1, -0.05) is 20.8 Å². The molecular weight excluding hydrogens is 388 g/mol. The van der Waals surface area contributed by atoms with Gasteiger partial charge in [0, 0.05) is 26.2 Å². The molecule has 2 atom stereocenters. The molecule has 2 unspecified atom stereocenters. The fraction of sp³-hybridized carbons (Fsp3) is 0.810. The van der Waals surface area contributed by atoms with Crippen LogP contribution in [0.4, 0.5) is 9.59 Å². The lowest BCUT2D eigenvalue weighted by Crippen LogP contribution is -2.54. The molecule has 0 aromatic rings. The normalized spacial score (nSPS) is 29.1. The molecule has 5 amide bonds. The van der Waals surface area contributed by atoms with E-state index in [0.717, 1.165) is 11.3 Å². The van der Waals surface area contributed by atoms with E-state index in [2.05, 4.69) is 26.1 Å². The Balaban J connectivity index is 1.63. The molecular formula is C21H34N4O5. The van der Waals surface area contributed by atoms with E-state index in [4.69, 9.17) is 4.74 Å². The number of nitrogens with zero attached hydrogens (tertiary/aromatic N) is 3. The van der Waals surface area contributed by atoms with E-state index in [1.165, 1.54) is 0 Å². The summed E-state index contributed by atoms with van der Waals surface area (Å²) >= 11 is 0. The topological polar surface area (TPSA) is 99.3 Å². The average Bonchev–Trinajstić information content (AvgIpc) is 2.83. The Bertz CT molecular complexity index is 724. The second-order valence-corrected chi connectivity index (χ2v) is 9.68. The molecule has 3 rings (SSSR count). The van der Waals surface area contributed by atoms with Crippen molar-refractivity contribution in [2.24, 2.45) is 11.3 Å². The molecule has 0 bridgehead atoms. The summed E-state index contributed by atoms with van der Waals surface area (Å²) in [5.41, 5.74) is -0.958. The minimum absolute atomic E-state index is 0.0536. The van der Waals surface area contributed by atoms with Crippen molar-refractivity contribution in [3.8, 4) is 0 Å². The average molecular weight is 423 g/mol. The number of hydrogen-bond donors (Lipinski definition) is 1. The van der Waals surface area contributed by atoms with Crippen LogP contribution in [0, 0.1) is 11.3 Å². The first-order valence-corrected chi connectivity index (χ1v) is 10.9. The summed E-state index contributed by atoms with van der Waals surface area (Å²) in [6, 6.07) is -0.485. The first kappa shape index (κ1) is 22.4. The Morgan fingerprint density at radius 3 is 2.43 bits per heavy atom. The maximum absolute atomic E-state index is 13.2. The van der Waals surface area contributed by atoms with Crippen LogP contribution in [0.1, 0.15) is 53.4 Å². The highest BCUT2D eigenvalue weighted by Gasteiger charge is 2.56. The zero-order chi connectivity index (χ0) is 22.1. The number of ether oxygens (including phenoxy) is 1. The SMILES string of the molecule is CCOC(=O)N1CCCN(C(=O)CN2C(=O)NC3(CC(C)CC(C)(C)C3)C2=O)CC1. The number of carbonyl (C=O) groups excluding carboxylic acids is 4. The van der Waals surface area contributed by atoms with Crippen LogP contribution in [0.5, 0.6) is 0 Å². The molecule has 2 aliphatic heterocycles. The fourth-order valence-electron chi connectivity index (χ4n) is 5.45. The molecule has 1 saturated carbocycles. The van der Waals surface area contributed by atoms with E-state index < -0.39 is 11.6 Å². The van der Waals surface area contributed by atoms with Crippen molar-refractivity contribution in [3.05, 3.63) is 0 Å². The van der Waals surface area contributed by atoms with Gasteiger partial charge in [0.25, 0.3) is 5.91 Å². The first-order valence-electron chi connectivity index (χ1n) is 10.9. The van der Waals surface area contributed by atoms with Gasteiger partial charge in [0.1, 0.15) is 12.1 Å². The lowest BCUT2D eigenvalue weighted by atomic mass is 9.64. The van der Waals surface area contributed by atoms with E-state index in [1.54, 1.807) is 16.7 Å². The largest absolute Gasteiger partial charge is 0.450 e. The lowest BCUT2D eigenvalue weighted by Gasteiger charge is -2.43. The van der Waals surface area contributed by atoms with Crippen LogP contribution in [0.15, 0.2) is 0 Å². The fourth-order valence-corrected chi connectivity index (χ4v) is 5.45. The molecule has 9 heteroatoms. The second kappa shape index (κ2) is 8.43. The molecule has 168 valence electrons. The molecule has 1 spiro atoms. The molecule has 1 aliphatic carbocycles. The van der Waals surface area contributed by atoms with Crippen molar-refractivity contribution in [1.82, 2.24) is 20.0 Å². The lowest BCUT2D eigenvalue weighted by molar-refractivity contribution is -0.140. The molecule has 0 aromatic heterocycles. The number of urea groups is 1. The van der Waals surface area contributed by atoms with E-state index in [9.17, 15) is 19.2 Å². The molecule has 1 N–H and O–H groups in total. The summed E-state index contributed by atoms with van der Waals surface area (Å²) in [6.07, 6.45) is 2.43. The second-order valence-electron chi connectivity index (χ2n) is 9.68. The minimum atomic E-state index is -0.905. The molecule has 9 nitrogen and oxygen atoms in total. The van der Waals surface area contributed by atoms with E-state index in [-0.39, 0.29) is 29.9 Å². The number of nitrogens with one attached hydrogen (secondary N) is 1. The molecule has 3 fully saturated rings. The smallest absolute Gasteiger partial charge is 0.409 e. The maximum Gasteiger partial charge on any atom is 0.409 e. The molecule has 2 saturated heterocycles. The van der Waals surface area contributed by atoms with Gasteiger partial charge in [0.05, 0.1) is 6.61 Å². The molecule has 0 aromatic carbocycles. The van der Waals surface area contributed by atoms with Gasteiger partial charge in [-0.25, -0.2) is 9.59 Å². The van der Waals surface area contributed by atoms with E-state index in [1.807, 2.05) is 0 Å². The highest BCUT2D eigenvalue weighted by atomic mass is 16.6.